The first-order valence-corrected chi connectivity index (χ1v) is 11.4. The van der Waals surface area contributed by atoms with E-state index in [1.807, 2.05) is 0 Å². The number of amidine groups is 1. The maximum atomic E-state index is 5.82. The first-order valence-electron chi connectivity index (χ1n) is 11.0. The smallest absolute Gasteiger partial charge is 0.202 e. The van der Waals surface area contributed by atoms with E-state index >= 15 is 0 Å². The summed E-state index contributed by atoms with van der Waals surface area (Å²) in [5.41, 5.74) is 4.87. The number of thiocarbonyl (C=S) groups is 1. The van der Waals surface area contributed by atoms with E-state index in [9.17, 15) is 0 Å². The molecule has 0 amide bonds. The van der Waals surface area contributed by atoms with Gasteiger partial charge in [0.2, 0.25) is 5.11 Å². The molecule has 2 aromatic carbocycles. The summed E-state index contributed by atoms with van der Waals surface area (Å²) in [6.45, 7) is 11.3. The number of benzene rings is 2. The summed E-state index contributed by atoms with van der Waals surface area (Å²) < 4.78 is 0. The van der Waals surface area contributed by atoms with Crippen molar-refractivity contribution in [1.82, 2.24) is 0 Å². The summed E-state index contributed by atoms with van der Waals surface area (Å²) in [4.78, 5) is 7.23. The summed E-state index contributed by atoms with van der Waals surface area (Å²) in [6.07, 6.45) is 4.48. The molecule has 2 aromatic rings. The van der Waals surface area contributed by atoms with Crippen molar-refractivity contribution in [1.29, 1.82) is 0 Å². The van der Waals surface area contributed by atoms with Crippen LogP contribution in [-0.2, 0) is 0 Å². The molecule has 1 N–H and O–H groups in total. The molecule has 0 bridgehead atoms. The minimum atomic E-state index is -0.195. The predicted octanol–water partition coefficient (Wildman–Crippen LogP) is 6.89. The van der Waals surface area contributed by atoms with Gasteiger partial charge in [-0.1, -0.05) is 56.2 Å². The van der Waals surface area contributed by atoms with Crippen molar-refractivity contribution in [2.45, 2.75) is 65.8 Å². The fourth-order valence-corrected chi connectivity index (χ4v) is 5.30. The molecular formula is C26H33N3S. The number of nitrogens with one attached hydrogen (secondary N) is 1. The van der Waals surface area contributed by atoms with Crippen LogP contribution in [0.4, 0.5) is 11.4 Å². The van der Waals surface area contributed by atoms with Crippen molar-refractivity contribution >= 4 is 34.5 Å². The van der Waals surface area contributed by atoms with E-state index < -0.39 is 0 Å². The van der Waals surface area contributed by atoms with Gasteiger partial charge in [-0.2, -0.15) is 0 Å². The number of aryl methyl sites for hydroxylation is 2. The molecule has 0 aromatic heterocycles. The molecule has 4 heteroatoms. The Kier molecular flexibility index (Phi) is 5.48. The molecule has 158 valence electrons. The number of anilines is 2. The Morgan fingerprint density at radius 2 is 1.47 bits per heavy atom. The zero-order valence-electron chi connectivity index (χ0n) is 18.8. The van der Waals surface area contributed by atoms with E-state index in [1.165, 1.54) is 24.0 Å². The van der Waals surface area contributed by atoms with Gasteiger partial charge >= 0.3 is 0 Å². The van der Waals surface area contributed by atoms with Gasteiger partial charge in [-0.25, -0.2) is 4.99 Å². The molecule has 1 saturated carbocycles. The van der Waals surface area contributed by atoms with Crippen LogP contribution >= 0.6 is 12.2 Å². The van der Waals surface area contributed by atoms with Gasteiger partial charge in [0, 0.05) is 11.4 Å². The maximum Gasteiger partial charge on any atom is 0.202 e. The number of hydrogen-bond acceptors (Lipinski definition) is 2. The Labute approximate surface area is 186 Å². The Morgan fingerprint density at radius 1 is 0.933 bits per heavy atom. The lowest BCUT2D eigenvalue weighted by molar-refractivity contribution is 0.158. The van der Waals surface area contributed by atoms with Crippen molar-refractivity contribution in [2.75, 3.05) is 10.2 Å². The summed E-state index contributed by atoms with van der Waals surface area (Å²) >= 11 is 5.82. The molecule has 3 nitrogen and oxygen atoms in total. The highest BCUT2D eigenvalue weighted by atomic mass is 32.1. The van der Waals surface area contributed by atoms with Crippen LogP contribution in [0.2, 0.25) is 0 Å². The molecule has 0 unspecified atom stereocenters. The zero-order chi connectivity index (χ0) is 21.5. The van der Waals surface area contributed by atoms with Gasteiger partial charge in [-0.05, 0) is 87.3 Å². The molecule has 1 fully saturated rings. The van der Waals surface area contributed by atoms with Gasteiger partial charge in [0.05, 0.1) is 0 Å². The van der Waals surface area contributed by atoms with Gasteiger partial charge in [0.25, 0.3) is 0 Å². The lowest BCUT2D eigenvalue weighted by Gasteiger charge is -2.47. The first-order chi connectivity index (χ1) is 14.2. The third-order valence-electron chi connectivity index (χ3n) is 6.91. The summed E-state index contributed by atoms with van der Waals surface area (Å²) in [7, 11) is 0. The summed E-state index contributed by atoms with van der Waals surface area (Å²) in [5, 5.41) is 4.31. The minimum Gasteiger partial charge on any atom is -0.342 e. The molecule has 0 saturated heterocycles. The average Bonchev–Trinajstić information content (AvgIpc) is 2.95. The molecule has 30 heavy (non-hydrogen) atoms. The van der Waals surface area contributed by atoms with Crippen molar-refractivity contribution in [3.05, 3.63) is 59.7 Å². The standard InChI is InChI=1S/C26H33N3S/c1-18-6-10-21(11-7-18)27-23-26(16-14-20(15-17-26)25(3,4)5)29(24(30)28-23)22-12-8-19(2)9-13-22/h6-13,20H,14-17H2,1-5H3,(H,27,28,30). The second-order valence-corrected chi connectivity index (χ2v) is 10.4. The third kappa shape index (κ3) is 3.90. The molecule has 4 rings (SSSR count). The van der Waals surface area contributed by atoms with E-state index in [0.717, 1.165) is 36.0 Å². The number of nitrogens with zero attached hydrogens (tertiary/aromatic N) is 2. The second-order valence-electron chi connectivity index (χ2n) is 10.1. The fraction of sp³-hybridized carbons (Fsp3) is 0.462. The number of hydrogen-bond donors (Lipinski definition) is 1. The lowest BCUT2D eigenvalue weighted by Crippen LogP contribution is -2.56. The van der Waals surface area contributed by atoms with Crippen molar-refractivity contribution in [3.63, 3.8) is 0 Å². The van der Waals surface area contributed by atoms with E-state index in [1.54, 1.807) is 0 Å². The first kappa shape index (κ1) is 21.0. The van der Waals surface area contributed by atoms with Crippen LogP contribution in [0.25, 0.3) is 0 Å². The van der Waals surface area contributed by atoms with Crippen LogP contribution in [0.1, 0.15) is 57.6 Å². The van der Waals surface area contributed by atoms with Gasteiger partial charge < -0.3 is 10.2 Å². The van der Waals surface area contributed by atoms with Crippen LogP contribution in [-0.4, -0.2) is 16.5 Å². The topological polar surface area (TPSA) is 27.6 Å². The second kappa shape index (κ2) is 7.81. The normalized spacial score (nSPS) is 24.3. The molecular weight excluding hydrogens is 386 g/mol. The van der Waals surface area contributed by atoms with Gasteiger partial charge in [-0.3, -0.25) is 0 Å². The molecule has 0 atom stereocenters. The average molecular weight is 420 g/mol. The van der Waals surface area contributed by atoms with Crippen LogP contribution in [0, 0.1) is 25.2 Å². The predicted molar refractivity (Wildman–Crippen MR) is 133 cm³/mol. The molecule has 1 heterocycles. The van der Waals surface area contributed by atoms with E-state index in [-0.39, 0.29) is 5.54 Å². The molecule has 0 radical (unpaired) electrons. The minimum absolute atomic E-state index is 0.195. The van der Waals surface area contributed by atoms with Crippen LogP contribution in [0.3, 0.4) is 0 Å². The lowest BCUT2D eigenvalue weighted by atomic mass is 9.66. The van der Waals surface area contributed by atoms with E-state index in [4.69, 9.17) is 17.2 Å². The Morgan fingerprint density at radius 3 is 2.00 bits per heavy atom. The number of aliphatic imine (C=N–C) groups is 1. The third-order valence-corrected chi connectivity index (χ3v) is 7.19. The Hall–Kier alpha value is -2.20. The Balaban J connectivity index is 1.70. The largest absolute Gasteiger partial charge is 0.342 e. The molecule has 1 aliphatic heterocycles. The summed E-state index contributed by atoms with van der Waals surface area (Å²) in [5.74, 6) is 1.72. The van der Waals surface area contributed by atoms with Crippen LogP contribution < -0.4 is 10.2 Å². The quantitative estimate of drug-likeness (QED) is 0.537. The van der Waals surface area contributed by atoms with Crippen LogP contribution in [0.5, 0.6) is 0 Å². The van der Waals surface area contributed by atoms with E-state index in [2.05, 4.69) is 93.4 Å². The summed E-state index contributed by atoms with van der Waals surface area (Å²) in [6, 6.07) is 17.2. The fourth-order valence-electron chi connectivity index (χ4n) is 4.93. The van der Waals surface area contributed by atoms with Gasteiger partial charge in [0.1, 0.15) is 11.4 Å². The Bertz CT molecular complexity index is 943. The molecule has 2 aliphatic rings. The highest BCUT2D eigenvalue weighted by Crippen LogP contribution is 2.47. The zero-order valence-corrected chi connectivity index (χ0v) is 19.6. The highest BCUT2D eigenvalue weighted by molar-refractivity contribution is 7.80. The van der Waals surface area contributed by atoms with Gasteiger partial charge in [-0.15, -0.1) is 0 Å². The maximum absolute atomic E-state index is 5.82. The van der Waals surface area contributed by atoms with Gasteiger partial charge in [0.15, 0.2) is 0 Å². The monoisotopic (exact) mass is 419 g/mol. The SMILES string of the molecule is Cc1ccc(NC2=NC(=S)N(c3ccc(C)cc3)C23CCC(C(C)(C)C)CC3)cc1. The van der Waals surface area contributed by atoms with E-state index in [0.29, 0.717) is 10.5 Å². The van der Waals surface area contributed by atoms with Crippen molar-refractivity contribution in [3.8, 4) is 0 Å². The van der Waals surface area contributed by atoms with Crippen molar-refractivity contribution in [2.24, 2.45) is 16.3 Å². The molecule has 1 aliphatic carbocycles. The number of rotatable bonds is 2. The molecule has 1 spiro atoms. The van der Waals surface area contributed by atoms with Crippen molar-refractivity contribution < 1.29 is 0 Å². The highest BCUT2D eigenvalue weighted by Gasteiger charge is 2.51. The van der Waals surface area contributed by atoms with Crippen LogP contribution in [0.15, 0.2) is 53.5 Å².